The van der Waals surface area contributed by atoms with Gasteiger partial charge in [-0.15, -0.1) is 0 Å². The van der Waals surface area contributed by atoms with Crippen LogP contribution in [0.25, 0.3) is 11.1 Å². The molecule has 1 aromatic carbocycles. The zero-order chi connectivity index (χ0) is 31.9. The van der Waals surface area contributed by atoms with Crippen molar-refractivity contribution in [2.24, 2.45) is 7.05 Å². The minimum Gasteiger partial charge on any atom is -0.494 e. The lowest BCUT2D eigenvalue weighted by Gasteiger charge is -2.19. The lowest BCUT2D eigenvalue weighted by atomic mass is 10.0. The Labute approximate surface area is 261 Å². The molecule has 0 unspecified atom stereocenters. The highest BCUT2D eigenvalue weighted by molar-refractivity contribution is 6.29. The Bertz CT molecular complexity index is 1630. The first kappa shape index (κ1) is 32.2. The van der Waals surface area contributed by atoms with Crippen LogP contribution in [0.1, 0.15) is 42.4 Å². The molecule has 13 heteroatoms. The van der Waals surface area contributed by atoms with E-state index in [1.165, 1.54) is 6.20 Å². The van der Waals surface area contributed by atoms with Gasteiger partial charge in [0, 0.05) is 37.6 Å². The SMILES string of the molecule is CNC(=O)c1cnc(Cl)cc1Nc1cc(CCOCc2cccc(NC(=O)OC(C)(C)C)n2)cc(-c2cnn(C)c2)c1OC. The molecule has 232 valence electrons. The number of nitrogens with one attached hydrogen (secondary N) is 3. The lowest BCUT2D eigenvalue weighted by Crippen LogP contribution is -2.27. The highest BCUT2D eigenvalue weighted by atomic mass is 35.5. The van der Waals surface area contributed by atoms with Gasteiger partial charge in [0.1, 0.15) is 22.3 Å². The first-order valence-electron chi connectivity index (χ1n) is 13.8. The third kappa shape index (κ3) is 8.68. The van der Waals surface area contributed by atoms with Crippen LogP contribution in [0, 0.1) is 0 Å². The molecule has 0 aliphatic heterocycles. The minimum absolute atomic E-state index is 0.232. The lowest BCUT2D eigenvalue weighted by molar-refractivity contribution is 0.0634. The minimum atomic E-state index is -0.615. The van der Waals surface area contributed by atoms with E-state index in [-0.39, 0.29) is 17.7 Å². The molecule has 2 amide bonds. The zero-order valence-corrected chi connectivity index (χ0v) is 26.3. The number of halogens is 1. The van der Waals surface area contributed by atoms with Gasteiger partial charge in [0.15, 0.2) is 0 Å². The molecule has 0 saturated heterocycles. The molecule has 0 aliphatic carbocycles. The Morgan fingerprint density at radius 2 is 1.89 bits per heavy atom. The maximum atomic E-state index is 12.5. The number of benzene rings is 1. The first-order chi connectivity index (χ1) is 21.0. The van der Waals surface area contributed by atoms with Crippen LogP contribution in [0.4, 0.5) is 22.0 Å². The molecule has 3 heterocycles. The maximum absolute atomic E-state index is 12.5. The van der Waals surface area contributed by atoms with Gasteiger partial charge in [-0.2, -0.15) is 5.10 Å². The van der Waals surface area contributed by atoms with E-state index in [0.717, 1.165) is 16.7 Å². The number of pyridine rings is 2. The summed E-state index contributed by atoms with van der Waals surface area (Å²) in [6, 6.07) is 10.8. The summed E-state index contributed by atoms with van der Waals surface area (Å²) in [6.45, 7) is 6.01. The smallest absolute Gasteiger partial charge is 0.413 e. The van der Waals surface area contributed by atoms with Crippen LogP contribution < -0.4 is 20.7 Å². The quantitative estimate of drug-likeness (QED) is 0.141. The molecule has 44 heavy (non-hydrogen) atoms. The number of aromatic nitrogens is 4. The van der Waals surface area contributed by atoms with E-state index in [9.17, 15) is 9.59 Å². The summed E-state index contributed by atoms with van der Waals surface area (Å²) in [5.74, 6) is 0.628. The number of nitrogens with zero attached hydrogens (tertiary/aromatic N) is 4. The van der Waals surface area contributed by atoms with Gasteiger partial charge in [-0.05, 0) is 63.1 Å². The topological polar surface area (TPSA) is 142 Å². The molecule has 3 aromatic heterocycles. The molecule has 0 atom stereocenters. The predicted molar refractivity (Wildman–Crippen MR) is 169 cm³/mol. The van der Waals surface area contributed by atoms with E-state index in [2.05, 4.69) is 31.0 Å². The Balaban J connectivity index is 1.53. The summed E-state index contributed by atoms with van der Waals surface area (Å²) in [7, 11) is 4.97. The fraction of sp³-hybridized carbons (Fsp3) is 0.323. The summed E-state index contributed by atoms with van der Waals surface area (Å²) in [5.41, 5.74) is 4.07. The molecule has 0 aliphatic rings. The molecule has 4 aromatic rings. The molecule has 4 rings (SSSR count). The molecule has 0 radical (unpaired) electrons. The number of amides is 2. The van der Waals surface area contributed by atoms with Crippen LogP contribution in [0.5, 0.6) is 5.75 Å². The molecule has 0 fully saturated rings. The van der Waals surface area contributed by atoms with Crippen molar-refractivity contribution in [3.8, 4) is 16.9 Å². The number of hydrogen-bond donors (Lipinski definition) is 3. The molecule has 12 nitrogen and oxygen atoms in total. The third-order valence-corrected chi connectivity index (χ3v) is 6.41. The van der Waals surface area contributed by atoms with Gasteiger partial charge in [0.25, 0.3) is 5.91 Å². The van der Waals surface area contributed by atoms with Crippen LogP contribution in [-0.4, -0.2) is 58.1 Å². The van der Waals surface area contributed by atoms with Gasteiger partial charge in [0.05, 0.1) is 49.2 Å². The maximum Gasteiger partial charge on any atom is 0.413 e. The van der Waals surface area contributed by atoms with Crippen LogP contribution in [0.3, 0.4) is 0 Å². The van der Waals surface area contributed by atoms with E-state index in [0.29, 0.717) is 47.2 Å². The van der Waals surface area contributed by atoms with Crippen LogP contribution in [0.15, 0.2) is 55.0 Å². The second-order valence-electron chi connectivity index (χ2n) is 10.8. The van der Waals surface area contributed by atoms with Gasteiger partial charge < -0.3 is 24.8 Å². The molecule has 0 bridgehead atoms. The van der Waals surface area contributed by atoms with Crippen LogP contribution in [-0.2, 0) is 29.5 Å². The highest BCUT2D eigenvalue weighted by Gasteiger charge is 2.19. The van der Waals surface area contributed by atoms with E-state index in [1.807, 2.05) is 31.4 Å². The zero-order valence-electron chi connectivity index (χ0n) is 25.5. The van der Waals surface area contributed by atoms with Gasteiger partial charge in [0.2, 0.25) is 0 Å². The number of methoxy groups -OCH3 is 1. The number of carbonyl (C=O) groups is 2. The van der Waals surface area contributed by atoms with Crippen LogP contribution in [0.2, 0.25) is 5.15 Å². The van der Waals surface area contributed by atoms with Crippen molar-refractivity contribution in [2.45, 2.75) is 39.4 Å². The molecule has 0 saturated carbocycles. The number of ether oxygens (including phenoxy) is 3. The second kappa shape index (κ2) is 14.2. The Morgan fingerprint density at radius 1 is 1.09 bits per heavy atom. The fourth-order valence-corrected chi connectivity index (χ4v) is 4.48. The molecular formula is C31H36ClN7O5. The van der Waals surface area contributed by atoms with Gasteiger partial charge in [-0.1, -0.05) is 17.7 Å². The van der Waals surface area contributed by atoms with E-state index in [4.69, 9.17) is 25.8 Å². The van der Waals surface area contributed by atoms with Gasteiger partial charge >= 0.3 is 6.09 Å². The van der Waals surface area contributed by atoms with Gasteiger partial charge in [-0.3, -0.25) is 14.8 Å². The monoisotopic (exact) mass is 621 g/mol. The number of carbonyl (C=O) groups excluding carboxylic acids is 2. The largest absolute Gasteiger partial charge is 0.494 e. The van der Waals surface area contributed by atoms with Crippen molar-refractivity contribution < 1.29 is 23.8 Å². The Kier molecular flexibility index (Phi) is 10.4. The van der Waals surface area contributed by atoms with E-state index in [1.54, 1.807) is 64.0 Å². The third-order valence-electron chi connectivity index (χ3n) is 6.20. The first-order valence-corrected chi connectivity index (χ1v) is 14.2. The standard InChI is InChI=1S/C31H36ClN7O5/c1-31(2,3)44-30(41)38-27-9-7-8-21(36-27)18-43-11-10-19-12-22(20-15-35-39(5)17-20)28(42-6)25(13-19)37-24-14-26(32)34-16-23(24)29(40)33-4/h7-9,12-17H,10-11,18H2,1-6H3,(H,33,40)(H,34,37)(H,36,38,41). The second-order valence-corrected chi connectivity index (χ2v) is 11.2. The summed E-state index contributed by atoms with van der Waals surface area (Å²) in [5, 5.41) is 13.1. The Morgan fingerprint density at radius 3 is 2.57 bits per heavy atom. The van der Waals surface area contributed by atoms with E-state index < -0.39 is 11.7 Å². The van der Waals surface area contributed by atoms with Crippen molar-refractivity contribution >= 4 is 40.8 Å². The van der Waals surface area contributed by atoms with Crippen molar-refractivity contribution in [1.29, 1.82) is 0 Å². The van der Waals surface area contributed by atoms with Crippen molar-refractivity contribution in [1.82, 2.24) is 25.1 Å². The van der Waals surface area contributed by atoms with Crippen molar-refractivity contribution in [2.75, 3.05) is 31.4 Å². The highest BCUT2D eigenvalue weighted by Crippen LogP contribution is 2.40. The number of anilines is 3. The average molecular weight is 622 g/mol. The number of aryl methyl sites for hydroxylation is 1. The summed E-state index contributed by atoms with van der Waals surface area (Å²) in [4.78, 5) is 33.2. The predicted octanol–water partition coefficient (Wildman–Crippen LogP) is 5.75. The normalized spacial score (nSPS) is 11.2. The van der Waals surface area contributed by atoms with Crippen molar-refractivity contribution in [3.05, 3.63) is 77.0 Å². The molecule has 3 N–H and O–H groups in total. The van der Waals surface area contributed by atoms with Gasteiger partial charge in [-0.25, -0.2) is 14.8 Å². The van der Waals surface area contributed by atoms with Crippen LogP contribution >= 0.6 is 11.6 Å². The fourth-order valence-electron chi connectivity index (χ4n) is 4.32. The van der Waals surface area contributed by atoms with E-state index >= 15 is 0 Å². The van der Waals surface area contributed by atoms with Crippen molar-refractivity contribution in [3.63, 3.8) is 0 Å². The molecule has 0 spiro atoms. The average Bonchev–Trinajstić information content (AvgIpc) is 3.40. The summed E-state index contributed by atoms with van der Waals surface area (Å²) >= 11 is 6.19. The number of hydrogen-bond acceptors (Lipinski definition) is 9. The Hall–Kier alpha value is -4.68. The summed E-state index contributed by atoms with van der Waals surface area (Å²) in [6.07, 6.45) is 5.05. The molecular weight excluding hydrogens is 586 g/mol. The number of rotatable bonds is 11. The summed E-state index contributed by atoms with van der Waals surface area (Å²) < 4.78 is 18.8.